The highest BCUT2D eigenvalue weighted by Gasteiger charge is 2.29. The van der Waals surface area contributed by atoms with Gasteiger partial charge >= 0.3 is 0 Å². The number of hydrogen-bond donors (Lipinski definition) is 1. The van der Waals surface area contributed by atoms with Gasteiger partial charge < -0.3 is 10.1 Å². The van der Waals surface area contributed by atoms with Crippen molar-refractivity contribution in [1.82, 2.24) is 5.32 Å². The lowest BCUT2D eigenvalue weighted by atomic mass is 9.75. The van der Waals surface area contributed by atoms with Crippen LogP contribution >= 0.6 is 0 Å². The van der Waals surface area contributed by atoms with E-state index in [0.29, 0.717) is 12.0 Å². The monoisotopic (exact) mass is 259 g/mol. The average molecular weight is 259 g/mol. The topological polar surface area (TPSA) is 21.3 Å². The highest BCUT2D eigenvalue weighted by Crippen LogP contribution is 2.41. The number of rotatable bonds is 4. The zero-order valence-electron chi connectivity index (χ0n) is 11.9. The fourth-order valence-corrected chi connectivity index (χ4v) is 3.56. The predicted molar refractivity (Wildman–Crippen MR) is 78.4 cm³/mol. The molecule has 0 spiro atoms. The Labute approximate surface area is 116 Å². The fourth-order valence-electron chi connectivity index (χ4n) is 3.56. The largest absolute Gasteiger partial charge is 0.381 e. The van der Waals surface area contributed by atoms with Crippen LogP contribution in [0.3, 0.4) is 0 Å². The minimum absolute atomic E-state index is 0.456. The molecule has 3 rings (SSSR count). The van der Waals surface area contributed by atoms with Crippen LogP contribution in [-0.4, -0.2) is 20.3 Å². The Bertz CT molecular complexity index is 407. The highest BCUT2D eigenvalue weighted by molar-refractivity contribution is 5.34. The van der Waals surface area contributed by atoms with Gasteiger partial charge in [0.1, 0.15) is 0 Å². The molecular formula is C17H25NO. The number of benzene rings is 1. The maximum absolute atomic E-state index is 5.69. The molecule has 0 aromatic heterocycles. The zero-order chi connectivity index (χ0) is 13.1. The molecule has 2 atom stereocenters. The molecule has 2 heteroatoms. The number of nitrogens with one attached hydrogen (secondary N) is 1. The summed E-state index contributed by atoms with van der Waals surface area (Å²) in [5.74, 6) is 1.43. The van der Waals surface area contributed by atoms with Gasteiger partial charge in [0.15, 0.2) is 0 Å². The average Bonchev–Trinajstić information content (AvgIpc) is 2.41. The molecule has 19 heavy (non-hydrogen) atoms. The summed E-state index contributed by atoms with van der Waals surface area (Å²) in [5, 5.41) is 3.55. The standard InChI is InChI=1S/C17H25NO/c1-18-17(14-8-5-11-19-12-14)16-10-3-2-9-15(16)13-6-4-7-13/h2-3,9-10,13-14,17-18H,4-8,11-12H2,1H3. The third kappa shape index (κ3) is 2.70. The second-order valence-electron chi connectivity index (χ2n) is 6.00. The first-order valence-electron chi connectivity index (χ1n) is 7.74. The van der Waals surface area contributed by atoms with Crippen molar-refractivity contribution in [3.63, 3.8) is 0 Å². The van der Waals surface area contributed by atoms with E-state index in [1.165, 1.54) is 37.7 Å². The molecule has 2 unspecified atom stereocenters. The van der Waals surface area contributed by atoms with Crippen LogP contribution in [0, 0.1) is 5.92 Å². The molecule has 0 amide bonds. The normalized spacial score (nSPS) is 25.8. The van der Waals surface area contributed by atoms with Crippen molar-refractivity contribution in [2.45, 2.75) is 44.1 Å². The van der Waals surface area contributed by atoms with Crippen molar-refractivity contribution >= 4 is 0 Å². The van der Waals surface area contributed by atoms with Crippen molar-refractivity contribution in [2.75, 3.05) is 20.3 Å². The maximum atomic E-state index is 5.69. The Balaban J connectivity index is 1.85. The molecule has 0 bridgehead atoms. The van der Waals surface area contributed by atoms with Gasteiger partial charge in [-0.3, -0.25) is 0 Å². The van der Waals surface area contributed by atoms with Crippen LogP contribution in [0.15, 0.2) is 24.3 Å². The second kappa shape index (κ2) is 6.06. The second-order valence-corrected chi connectivity index (χ2v) is 6.00. The first-order valence-corrected chi connectivity index (χ1v) is 7.74. The quantitative estimate of drug-likeness (QED) is 0.891. The van der Waals surface area contributed by atoms with Gasteiger partial charge in [0, 0.05) is 18.6 Å². The van der Waals surface area contributed by atoms with E-state index in [1.807, 2.05) is 0 Å². The van der Waals surface area contributed by atoms with E-state index in [-0.39, 0.29) is 0 Å². The van der Waals surface area contributed by atoms with Crippen molar-refractivity contribution in [1.29, 1.82) is 0 Å². The van der Waals surface area contributed by atoms with Crippen LogP contribution in [0.4, 0.5) is 0 Å². The lowest BCUT2D eigenvalue weighted by Gasteiger charge is -2.35. The van der Waals surface area contributed by atoms with Crippen LogP contribution in [0.5, 0.6) is 0 Å². The van der Waals surface area contributed by atoms with Gasteiger partial charge in [-0.05, 0) is 49.8 Å². The predicted octanol–water partition coefficient (Wildman–Crippen LogP) is 3.64. The third-order valence-corrected chi connectivity index (χ3v) is 4.85. The molecule has 2 fully saturated rings. The van der Waals surface area contributed by atoms with E-state index in [9.17, 15) is 0 Å². The molecule has 1 aliphatic heterocycles. The lowest BCUT2D eigenvalue weighted by Crippen LogP contribution is -2.32. The molecule has 1 aromatic rings. The van der Waals surface area contributed by atoms with E-state index >= 15 is 0 Å². The van der Waals surface area contributed by atoms with Crippen LogP contribution in [0.1, 0.15) is 55.2 Å². The molecule has 2 nitrogen and oxygen atoms in total. The van der Waals surface area contributed by atoms with E-state index in [2.05, 4.69) is 36.6 Å². The molecular weight excluding hydrogens is 234 g/mol. The molecule has 1 saturated heterocycles. The van der Waals surface area contributed by atoms with Gasteiger partial charge in [0.25, 0.3) is 0 Å². The van der Waals surface area contributed by atoms with Crippen molar-refractivity contribution in [2.24, 2.45) is 5.92 Å². The minimum atomic E-state index is 0.456. The summed E-state index contributed by atoms with van der Waals surface area (Å²) < 4.78 is 5.69. The first kappa shape index (κ1) is 13.1. The highest BCUT2D eigenvalue weighted by atomic mass is 16.5. The number of ether oxygens (including phenoxy) is 1. The molecule has 1 heterocycles. The van der Waals surface area contributed by atoms with Crippen molar-refractivity contribution < 1.29 is 4.74 Å². The summed E-state index contributed by atoms with van der Waals surface area (Å²) in [6.07, 6.45) is 6.62. The fraction of sp³-hybridized carbons (Fsp3) is 0.647. The van der Waals surface area contributed by atoms with E-state index in [1.54, 1.807) is 5.56 Å². The Morgan fingerprint density at radius 1 is 1.16 bits per heavy atom. The van der Waals surface area contributed by atoms with Crippen LogP contribution in [0.25, 0.3) is 0 Å². The molecule has 0 radical (unpaired) electrons. The Hall–Kier alpha value is -0.860. The maximum Gasteiger partial charge on any atom is 0.0512 e. The third-order valence-electron chi connectivity index (χ3n) is 4.85. The van der Waals surface area contributed by atoms with Crippen molar-refractivity contribution in [3.05, 3.63) is 35.4 Å². The molecule has 104 valence electrons. The van der Waals surface area contributed by atoms with Crippen LogP contribution < -0.4 is 5.32 Å². The van der Waals surface area contributed by atoms with Gasteiger partial charge in [-0.1, -0.05) is 30.7 Å². The molecule has 1 aromatic carbocycles. The molecule has 1 N–H and O–H groups in total. The lowest BCUT2D eigenvalue weighted by molar-refractivity contribution is 0.0399. The summed E-state index contributed by atoms with van der Waals surface area (Å²) in [6.45, 7) is 1.85. The molecule has 1 aliphatic carbocycles. The summed E-state index contributed by atoms with van der Waals surface area (Å²) >= 11 is 0. The van der Waals surface area contributed by atoms with E-state index in [4.69, 9.17) is 4.74 Å². The summed E-state index contributed by atoms with van der Waals surface area (Å²) in [7, 11) is 2.09. The SMILES string of the molecule is CNC(c1ccccc1C1CCC1)C1CCCOC1. The van der Waals surface area contributed by atoms with Crippen LogP contribution in [-0.2, 0) is 4.74 Å². The van der Waals surface area contributed by atoms with Gasteiger partial charge in [-0.15, -0.1) is 0 Å². The van der Waals surface area contributed by atoms with E-state index in [0.717, 1.165) is 19.1 Å². The van der Waals surface area contributed by atoms with Gasteiger partial charge in [0.05, 0.1) is 6.61 Å². The first-order chi connectivity index (χ1) is 9.40. The van der Waals surface area contributed by atoms with Gasteiger partial charge in [-0.25, -0.2) is 0 Å². The van der Waals surface area contributed by atoms with Gasteiger partial charge in [-0.2, -0.15) is 0 Å². The van der Waals surface area contributed by atoms with Crippen molar-refractivity contribution in [3.8, 4) is 0 Å². The summed E-state index contributed by atoms with van der Waals surface area (Å²) in [6, 6.07) is 9.50. The molecule has 2 aliphatic rings. The number of hydrogen-bond acceptors (Lipinski definition) is 2. The van der Waals surface area contributed by atoms with E-state index < -0.39 is 0 Å². The molecule has 1 saturated carbocycles. The summed E-state index contributed by atoms with van der Waals surface area (Å²) in [4.78, 5) is 0. The summed E-state index contributed by atoms with van der Waals surface area (Å²) in [5.41, 5.74) is 3.10. The Kier molecular flexibility index (Phi) is 4.19. The smallest absolute Gasteiger partial charge is 0.0512 e. The Morgan fingerprint density at radius 3 is 2.63 bits per heavy atom. The zero-order valence-corrected chi connectivity index (χ0v) is 11.9. The van der Waals surface area contributed by atoms with Gasteiger partial charge in [0.2, 0.25) is 0 Å². The minimum Gasteiger partial charge on any atom is -0.381 e. The Morgan fingerprint density at radius 2 is 2.00 bits per heavy atom. The van der Waals surface area contributed by atoms with Crippen LogP contribution in [0.2, 0.25) is 0 Å².